The number of ether oxygens (including phenoxy) is 4. The standard InChI is InChI=1S/C21H34N2O5.C12H24N2O3/c1-21(2,3)28-20(25)23-10-8-15(9-11-23)18(24)14-22-13-16-6-7-17(26-4)12-19(16)27-5;1-12(2,3)17-11(16)14-6-4-9(5-7-14)10(15)8-13/h6-7,12,15,18,22,24H,8-11,13-14H2,1-5H3;9-10,15H,4-8,13H2,1-3H3. The number of hydrogen-bond donors (Lipinski definition) is 4. The molecule has 0 spiro atoms. The zero-order chi connectivity index (χ0) is 33.8. The molecule has 5 N–H and O–H groups in total. The molecule has 0 bridgehead atoms. The molecule has 2 aliphatic heterocycles. The van der Waals surface area contributed by atoms with Crippen molar-refractivity contribution in [3.05, 3.63) is 23.8 Å². The molecule has 258 valence electrons. The summed E-state index contributed by atoms with van der Waals surface area (Å²) in [5, 5.41) is 23.5. The van der Waals surface area contributed by atoms with Gasteiger partial charge in [0.25, 0.3) is 0 Å². The van der Waals surface area contributed by atoms with Crippen molar-refractivity contribution in [2.75, 3.05) is 53.5 Å². The van der Waals surface area contributed by atoms with Crippen molar-refractivity contribution in [1.82, 2.24) is 15.1 Å². The lowest BCUT2D eigenvalue weighted by atomic mass is 9.91. The Labute approximate surface area is 269 Å². The Balaban J connectivity index is 0.000000355. The topological polar surface area (TPSA) is 156 Å². The van der Waals surface area contributed by atoms with Crippen LogP contribution in [-0.2, 0) is 16.0 Å². The Morgan fingerprint density at radius 3 is 1.71 bits per heavy atom. The predicted octanol–water partition coefficient (Wildman–Crippen LogP) is 3.75. The van der Waals surface area contributed by atoms with Gasteiger partial charge in [-0.15, -0.1) is 0 Å². The molecule has 2 unspecified atom stereocenters. The number of piperidine rings is 2. The van der Waals surface area contributed by atoms with Gasteiger partial charge in [-0.2, -0.15) is 0 Å². The van der Waals surface area contributed by atoms with Crippen molar-refractivity contribution in [3.8, 4) is 11.5 Å². The van der Waals surface area contributed by atoms with Gasteiger partial charge in [-0.3, -0.25) is 0 Å². The van der Waals surface area contributed by atoms with E-state index in [2.05, 4.69) is 5.32 Å². The van der Waals surface area contributed by atoms with E-state index in [0.717, 1.165) is 42.7 Å². The van der Waals surface area contributed by atoms with E-state index in [1.807, 2.05) is 59.7 Å². The molecule has 0 radical (unpaired) electrons. The molecular weight excluding hydrogens is 580 g/mol. The number of carbonyl (C=O) groups excluding carboxylic acids is 2. The molecule has 0 aliphatic carbocycles. The summed E-state index contributed by atoms with van der Waals surface area (Å²) in [4.78, 5) is 27.3. The highest BCUT2D eigenvalue weighted by Gasteiger charge is 2.31. The number of hydrogen-bond acceptors (Lipinski definition) is 10. The third kappa shape index (κ3) is 13.6. The highest BCUT2D eigenvalue weighted by Crippen LogP contribution is 2.26. The monoisotopic (exact) mass is 638 g/mol. The minimum Gasteiger partial charge on any atom is -0.497 e. The second-order valence-electron chi connectivity index (χ2n) is 13.8. The molecule has 0 aromatic heterocycles. The number of nitrogens with one attached hydrogen (secondary N) is 1. The molecule has 2 heterocycles. The van der Waals surface area contributed by atoms with Crippen molar-refractivity contribution in [2.24, 2.45) is 17.6 Å². The van der Waals surface area contributed by atoms with E-state index >= 15 is 0 Å². The minimum absolute atomic E-state index is 0.170. The third-order valence-corrected chi connectivity index (χ3v) is 7.88. The molecule has 45 heavy (non-hydrogen) atoms. The van der Waals surface area contributed by atoms with Gasteiger partial charge >= 0.3 is 12.2 Å². The van der Waals surface area contributed by atoms with Crippen LogP contribution in [0.2, 0.25) is 0 Å². The van der Waals surface area contributed by atoms with Crippen LogP contribution in [0.5, 0.6) is 11.5 Å². The molecule has 2 aliphatic rings. The summed E-state index contributed by atoms with van der Waals surface area (Å²) in [6.45, 7) is 15.0. The van der Waals surface area contributed by atoms with Crippen molar-refractivity contribution in [3.63, 3.8) is 0 Å². The largest absolute Gasteiger partial charge is 0.497 e. The van der Waals surface area contributed by atoms with E-state index in [-0.39, 0.29) is 30.6 Å². The van der Waals surface area contributed by atoms with Gasteiger partial charge in [-0.05, 0) is 85.1 Å². The molecule has 2 saturated heterocycles. The third-order valence-electron chi connectivity index (χ3n) is 7.88. The highest BCUT2D eigenvalue weighted by molar-refractivity contribution is 5.68. The van der Waals surface area contributed by atoms with E-state index in [1.165, 1.54) is 0 Å². The maximum atomic E-state index is 12.1. The SMILES string of the molecule is CC(C)(C)OC(=O)N1CCC(C(O)CN)CC1.COc1ccc(CNCC(O)C2CCN(C(=O)OC(C)(C)C)CC2)c(OC)c1. The maximum Gasteiger partial charge on any atom is 0.410 e. The van der Waals surface area contributed by atoms with Crippen LogP contribution in [0.3, 0.4) is 0 Å². The average molecular weight is 639 g/mol. The number of aliphatic hydroxyl groups is 2. The number of rotatable bonds is 9. The van der Waals surface area contributed by atoms with Gasteiger partial charge in [0, 0.05) is 57.4 Å². The van der Waals surface area contributed by atoms with Gasteiger partial charge < -0.3 is 50.0 Å². The molecule has 0 saturated carbocycles. The van der Waals surface area contributed by atoms with Crippen LogP contribution < -0.4 is 20.5 Å². The van der Waals surface area contributed by atoms with Gasteiger partial charge in [0.05, 0.1) is 26.4 Å². The van der Waals surface area contributed by atoms with Gasteiger partial charge in [0.2, 0.25) is 0 Å². The van der Waals surface area contributed by atoms with Crippen molar-refractivity contribution in [1.29, 1.82) is 0 Å². The quantitative estimate of drug-likeness (QED) is 0.314. The summed E-state index contributed by atoms with van der Waals surface area (Å²) < 4.78 is 21.3. The minimum atomic E-state index is -0.486. The van der Waals surface area contributed by atoms with Gasteiger partial charge in [0.15, 0.2) is 0 Å². The molecule has 2 fully saturated rings. The number of nitrogens with two attached hydrogens (primary N) is 1. The Bertz CT molecular complexity index is 1040. The van der Waals surface area contributed by atoms with Gasteiger partial charge in [-0.1, -0.05) is 6.07 Å². The molecule has 12 heteroatoms. The zero-order valence-electron chi connectivity index (χ0n) is 28.6. The molecule has 1 aromatic carbocycles. The Kier molecular flexibility index (Phi) is 15.2. The number of amides is 2. The summed E-state index contributed by atoms with van der Waals surface area (Å²) in [7, 11) is 3.25. The van der Waals surface area contributed by atoms with E-state index in [1.54, 1.807) is 24.0 Å². The summed E-state index contributed by atoms with van der Waals surface area (Å²) >= 11 is 0. The summed E-state index contributed by atoms with van der Waals surface area (Å²) in [5.41, 5.74) is 5.49. The lowest BCUT2D eigenvalue weighted by Gasteiger charge is -2.35. The Morgan fingerprint density at radius 1 is 0.844 bits per heavy atom. The Hall–Kier alpha value is -2.80. The Morgan fingerprint density at radius 2 is 1.31 bits per heavy atom. The van der Waals surface area contributed by atoms with Crippen LogP contribution in [0.25, 0.3) is 0 Å². The molecule has 12 nitrogen and oxygen atoms in total. The first-order valence-corrected chi connectivity index (χ1v) is 16.0. The lowest BCUT2D eigenvalue weighted by Crippen LogP contribution is -2.45. The van der Waals surface area contributed by atoms with Crippen molar-refractivity contribution in [2.45, 2.75) is 97.2 Å². The van der Waals surface area contributed by atoms with Crippen LogP contribution in [0.4, 0.5) is 9.59 Å². The lowest BCUT2D eigenvalue weighted by molar-refractivity contribution is 0.00776. The molecule has 1 aromatic rings. The fourth-order valence-electron chi connectivity index (χ4n) is 5.30. The molecule has 2 amide bonds. The van der Waals surface area contributed by atoms with E-state index in [0.29, 0.717) is 39.3 Å². The van der Waals surface area contributed by atoms with E-state index < -0.39 is 23.4 Å². The predicted molar refractivity (Wildman–Crippen MR) is 173 cm³/mol. The second kappa shape index (κ2) is 17.8. The summed E-state index contributed by atoms with van der Waals surface area (Å²) in [5.74, 6) is 1.88. The van der Waals surface area contributed by atoms with Crippen molar-refractivity contribution >= 4 is 12.2 Å². The number of carbonyl (C=O) groups is 2. The highest BCUT2D eigenvalue weighted by atomic mass is 16.6. The number of likely N-dealkylation sites (tertiary alicyclic amines) is 2. The van der Waals surface area contributed by atoms with Crippen LogP contribution >= 0.6 is 0 Å². The fraction of sp³-hybridized carbons (Fsp3) is 0.758. The number of aliphatic hydroxyl groups excluding tert-OH is 2. The van der Waals surface area contributed by atoms with Crippen molar-refractivity contribution < 1.29 is 38.7 Å². The maximum absolute atomic E-state index is 12.1. The van der Waals surface area contributed by atoms with Crippen LogP contribution in [0, 0.1) is 11.8 Å². The van der Waals surface area contributed by atoms with Crippen LogP contribution in [-0.4, -0.2) is 109 Å². The zero-order valence-corrected chi connectivity index (χ0v) is 28.6. The smallest absolute Gasteiger partial charge is 0.410 e. The van der Waals surface area contributed by atoms with E-state index in [9.17, 15) is 19.8 Å². The summed E-state index contributed by atoms with van der Waals surface area (Å²) in [6.07, 6.45) is 1.68. The first-order chi connectivity index (χ1) is 21.1. The molecular formula is C33H58N4O8. The van der Waals surface area contributed by atoms with Crippen LogP contribution in [0.1, 0.15) is 72.8 Å². The van der Waals surface area contributed by atoms with Gasteiger partial charge in [0.1, 0.15) is 22.7 Å². The number of methoxy groups -OCH3 is 2. The molecule has 3 rings (SSSR count). The average Bonchev–Trinajstić information content (AvgIpc) is 2.99. The normalized spacial score (nSPS) is 17.9. The van der Waals surface area contributed by atoms with E-state index in [4.69, 9.17) is 24.7 Å². The number of benzene rings is 1. The number of nitrogens with zero attached hydrogens (tertiary/aromatic N) is 2. The second-order valence-corrected chi connectivity index (χ2v) is 13.8. The van der Waals surface area contributed by atoms with Gasteiger partial charge in [-0.25, -0.2) is 9.59 Å². The summed E-state index contributed by atoms with van der Waals surface area (Å²) in [6, 6.07) is 5.69. The first kappa shape index (κ1) is 38.4. The fourth-order valence-corrected chi connectivity index (χ4v) is 5.30. The first-order valence-electron chi connectivity index (χ1n) is 16.0. The molecule has 2 atom stereocenters. The van der Waals surface area contributed by atoms with Crippen LogP contribution in [0.15, 0.2) is 18.2 Å².